The third-order valence-corrected chi connectivity index (χ3v) is 3.87. The number of phenols is 1. The Bertz CT molecular complexity index is 651. The van der Waals surface area contributed by atoms with Crippen molar-refractivity contribution in [2.24, 2.45) is 0 Å². The fraction of sp³-hybridized carbons (Fsp3) is 0.294. The van der Waals surface area contributed by atoms with Gasteiger partial charge in [-0.2, -0.15) is 0 Å². The van der Waals surface area contributed by atoms with E-state index in [2.05, 4.69) is 4.90 Å². The number of anilines is 1. The maximum atomic E-state index is 13.9. The van der Waals surface area contributed by atoms with Crippen LogP contribution in [0.3, 0.4) is 0 Å². The third-order valence-electron chi connectivity index (χ3n) is 3.87. The molecule has 0 unspecified atom stereocenters. The molecule has 0 bridgehead atoms. The summed E-state index contributed by atoms with van der Waals surface area (Å²) in [6.45, 7) is 1.95. The average Bonchev–Trinajstić information content (AvgIpc) is 3.01. The topological polar surface area (TPSA) is 32.7 Å². The summed E-state index contributed by atoms with van der Waals surface area (Å²) in [6, 6.07) is 10.1. The Morgan fingerprint density at radius 3 is 2.52 bits per heavy atom. The number of hydrogen-bond donors (Lipinski definition) is 1. The van der Waals surface area contributed by atoms with E-state index in [0.29, 0.717) is 5.75 Å². The third kappa shape index (κ3) is 2.79. The second-order valence-corrected chi connectivity index (χ2v) is 5.28. The molecule has 0 aliphatic carbocycles. The van der Waals surface area contributed by atoms with Crippen molar-refractivity contribution in [3.63, 3.8) is 0 Å². The zero-order chi connectivity index (χ0) is 14.8. The molecular weight excluding hydrogens is 269 g/mol. The van der Waals surface area contributed by atoms with Crippen molar-refractivity contribution in [2.75, 3.05) is 25.1 Å². The number of rotatable bonds is 3. The van der Waals surface area contributed by atoms with Crippen LogP contribution in [-0.4, -0.2) is 25.3 Å². The highest BCUT2D eigenvalue weighted by atomic mass is 19.1. The number of benzene rings is 2. The first-order valence-electron chi connectivity index (χ1n) is 7.10. The molecular formula is C17H18FNO2. The van der Waals surface area contributed by atoms with Crippen LogP contribution < -0.4 is 9.64 Å². The van der Waals surface area contributed by atoms with Crippen LogP contribution in [0.2, 0.25) is 0 Å². The Hall–Kier alpha value is -2.23. The molecule has 3 rings (SSSR count). The van der Waals surface area contributed by atoms with Gasteiger partial charge in [-0.25, -0.2) is 4.39 Å². The number of nitrogens with zero attached hydrogens (tertiary/aromatic N) is 1. The second kappa shape index (κ2) is 5.64. The molecule has 0 atom stereocenters. The van der Waals surface area contributed by atoms with E-state index in [0.717, 1.165) is 42.7 Å². The molecule has 0 amide bonds. The van der Waals surface area contributed by atoms with Crippen LogP contribution >= 0.6 is 0 Å². The lowest BCUT2D eigenvalue weighted by Gasteiger charge is -2.19. The molecule has 0 aromatic heterocycles. The molecule has 1 aliphatic rings. The summed E-state index contributed by atoms with van der Waals surface area (Å²) < 4.78 is 19.0. The van der Waals surface area contributed by atoms with Crippen molar-refractivity contribution >= 4 is 5.69 Å². The SMILES string of the molecule is COc1cc(-c2cc(F)cc(N3CCCC3)c2)ccc1O. The Morgan fingerprint density at radius 2 is 1.81 bits per heavy atom. The predicted octanol–water partition coefficient (Wildman–Crippen LogP) is 3.81. The highest BCUT2D eigenvalue weighted by Gasteiger charge is 2.15. The molecule has 3 nitrogen and oxygen atoms in total. The molecule has 1 heterocycles. The van der Waals surface area contributed by atoms with Crippen LogP contribution in [0.4, 0.5) is 10.1 Å². The summed E-state index contributed by atoms with van der Waals surface area (Å²) >= 11 is 0. The number of aromatic hydroxyl groups is 1. The van der Waals surface area contributed by atoms with Crippen LogP contribution in [0, 0.1) is 5.82 Å². The minimum absolute atomic E-state index is 0.0809. The lowest BCUT2D eigenvalue weighted by Crippen LogP contribution is -2.17. The molecule has 4 heteroatoms. The first kappa shape index (κ1) is 13.7. The van der Waals surface area contributed by atoms with Crippen LogP contribution in [0.25, 0.3) is 11.1 Å². The van der Waals surface area contributed by atoms with E-state index in [1.165, 1.54) is 13.2 Å². The van der Waals surface area contributed by atoms with E-state index < -0.39 is 0 Å². The summed E-state index contributed by atoms with van der Waals surface area (Å²) in [5.41, 5.74) is 2.52. The van der Waals surface area contributed by atoms with E-state index in [-0.39, 0.29) is 11.6 Å². The van der Waals surface area contributed by atoms with Gasteiger partial charge in [-0.3, -0.25) is 0 Å². The molecule has 0 saturated carbocycles. The molecule has 1 N–H and O–H groups in total. The Kier molecular flexibility index (Phi) is 3.69. The zero-order valence-electron chi connectivity index (χ0n) is 12.0. The molecule has 0 radical (unpaired) electrons. The fourth-order valence-corrected chi connectivity index (χ4v) is 2.76. The Labute approximate surface area is 123 Å². The van der Waals surface area contributed by atoms with Crippen molar-refractivity contribution in [2.45, 2.75) is 12.8 Å². The lowest BCUT2D eigenvalue weighted by atomic mass is 10.0. The normalized spacial score (nSPS) is 14.5. The number of halogens is 1. The van der Waals surface area contributed by atoms with Gasteiger partial charge in [-0.15, -0.1) is 0 Å². The molecule has 21 heavy (non-hydrogen) atoms. The van der Waals surface area contributed by atoms with Crippen molar-refractivity contribution < 1.29 is 14.2 Å². The van der Waals surface area contributed by atoms with Crippen LogP contribution in [0.5, 0.6) is 11.5 Å². The van der Waals surface area contributed by atoms with Gasteiger partial charge in [0.15, 0.2) is 11.5 Å². The minimum Gasteiger partial charge on any atom is -0.504 e. The first-order valence-corrected chi connectivity index (χ1v) is 7.10. The molecule has 0 spiro atoms. The van der Waals surface area contributed by atoms with Gasteiger partial charge in [0.1, 0.15) is 5.82 Å². The van der Waals surface area contributed by atoms with Crippen LogP contribution in [0.1, 0.15) is 12.8 Å². The number of phenolic OH excluding ortho intramolecular Hbond substituents is 1. The Balaban J connectivity index is 2.01. The number of ether oxygens (including phenoxy) is 1. The van der Waals surface area contributed by atoms with Gasteiger partial charge < -0.3 is 14.7 Å². The van der Waals surface area contributed by atoms with Gasteiger partial charge in [0.05, 0.1) is 7.11 Å². The summed E-state index contributed by atoms with van der Waals surface area (Å²) in [5.74, 6) is 0.221. The summed E-state index contributed by atoms with van der Waals surface area (Å²) in [7, 11) is 1.50. The zero-order valence-corrected chi connectivity index (χ0v) is 12.0. The van der Waals surface area contributed by atoms with Crippen molar-refractivity contribution in [3.05, 3.63) is 42.2 Å². The first-order chi connectivity index (χ1) is 10.2. The van der Waals surface area contributed by atoms with E-state index in [9.17, 15) is 9.50 Å². The molecule has 1 aliphatic heterocycles. The predicted molar refractivity (Wildman–Crippen MR) is 81.5 cm³/mol. The maximum Gasteiger partial charge on any atom is 0.161 e. The minimum atomic E-state index is -0.249. The van der Waals surface area contributed by atoms with E-state index in [1.54, 1.807) is 24.3 Å². The van der Waals surface area contributed by atoms with Crippen molar-refractivity contribution in [3.8, 4) is 22.6 Å². The smallest absolute Gasteiger partial charge is 0.161 e. The number of hydrogen-bond acceptors (Lipinski definition) is 3. The molecule has 2 aromatic rings. The molecule has 1 saturated heterocycles. The van der Waals surface area contributed by atoms with Crippen LogP contribution in [0.15, 0.2) is 36.4 Å². The highest BCUT2D eigenvalue weighted by Crippen LogP contribution is 2.34. The quantitative estimate of drug-likeness (QED) is 0.932. The van der Waals surface area contributed by atoms with Gasteiger partial charge in [-0.05, 0) is 54.3 Å². The maximum absolute atomic E-state index is 13.9. The summed E-state index contributed by atoms with van der Waals surface area (Å²) in [6.07, 6.45) is 2.30. The fourth-order valence-electron chi connectivity index (χ4n) is 2.76. The van der Waals surface area contributed by atoms with Gasteiger partial charge in [0.2, 0.25) is 0 Å². The van der Waals surface area contributed by atoms with E-state index >= 15 is 0 Å². The van der Waals surface area contributed by atoms with Gasteiger partial charge >= 0.3 is 0 Å². The standard InChI is InChI=1S/C17H18FNO2/c1-21-17-10-12(4-5-16(17)20)13-8-14(18)11-15(9-13)19-6-2-3-7-19/h4-5,8-11,20H,2-3,6-7H2,1H3. The lowest BCUT2D eigenvalue weighted by molar-refractivity contribution is 0.373. The van der Waals surface area contributed by atoms with Crippen molar-refractivity contribution in [1.82, 2.24) is 0 Å². The largest absolute Gasteiger partial charge is 0.504 e. The van der Waals surface area contributed by atoms with Gasteiger partial charge in [0, 0.05) is 18.8 Å². The highest BCUT2D eigenvalue weighted by molar-refractivity contribution is 5.71. The van der Waals surface area contributed by atoms with E-state index in [4.69, 9.17) is 4.74 Å². The van der Waals surface area contributed by atoms with Gasteiger partial charge in [-0.1, -0.05) is 6.07 Å². The monoisotopic (exact) mass is 287 g/mol. The van der Waals surface area contributed by atoms with E-state index in [1.807, 2.05) is 6.07 Å². The molecule has 1 fully saturated rings. The van der Waals surface area contributed by atoms with Crippen LogP contribution in [-0.2, 0) is 0 Å². The average molecular weight is 287 g/mol. The summed E-state index contributed by atoms with van der Waals surface area (Å²) in [4.78, 5) is 2.20. The van der Waals surface area contributed by atoms with Crippen molar-refractivity contribution in [1.29, 1.82) is 0 Å². The molecule has 110 valence electrons. The molecule has 2 aromatic carbocycles. The summed E-state index contributed by atoms with van der Waals surface area (Å²) in [5, 5.41) is 9.66. The number of methoxy groups -OCH3 is 1. The second-order valence-electron chi connectivity index (χ2n) is 5.28. The van der Waals surface area contributed by atoms with Gasteiger partial charge in [0.25, 0.3) is 0 Å². The Morgan fingerprint density at radius 1 is 1.05 bits per heavy atom.